The molecule has 2 unspecified atom stereocenters. The summed E-state index contributed by atoms with van der Waals surface area (Å²) in [6.45, 7) is 1.66. The van der Waals surface area contributed by atoms with Crippen LogP contribution in [-0.4, -0.2) is 48.7 Å². The molecule has 0 saturated carbocycles. The average Bonchev–Trinajstić information content (AvgIpc) is 2.88. The second kappa shape index (κ2) is 9.09. The molecule has 0 aliphatic carbocycles. The predicted octanol–water partition coefficient (Wildman–Crippen LogP) is 4.01. The molecule has 0 radical (unpaired) electrons. The molecule has 1 fully saturated rings. The summed E-state index contributed by atoms with van der Waals surface area (Å²) >= 11 is 0. The summed E-state index contributed by atoms with van der Waals surface area (Å²) < 4.78 is 45.4. The largest absolute Gasteiger partial charge is 0.497 e. The Morgan fingerprint density at radius 2 is 1.91 bits per heavy atom. The van der Waals surface area contributed by atoms with Crippen LogP contribution in [0.1, 0.15) is 11.1 Å². The van der Waals surface area contributed by atoms with E-state index in [-0.39, 0.29) is 18.4 Å². The lowest BCUT2D eigenvalue weighted by atomic mass is 9.82. The molecule has 2 aliphatic rings. The number of piperazine rings is 1. The number of fused-ring (bicyclic) bond motifs is 3. The zero-order valence-electron chi connectivity index (χ0n) is 19.0. The number of alkyl halides is 3. The third-order valence-electron chi connectivity index (χ3n) is 6.61. The number of carbonyl (C=O) groups excluding carboxylic acids is 1. The van der Waals surface area contributed by atoms with E-state index in [0.29, 0.717) is 42.5 Å². The highest BCUT2D eigenvalue weighted by Gasteiger charge is 2.43. The van der Waals surface area contributed by atoms with E-state index in [9.17, 15) is 18.0 Å². The minimum atomic E-state index is -4.45. The van der Waals surface area contributed by atoms with Crippen molar-refractivity contribution in [1.82, 2.24) is 9.97 Å². The van der Waals surface area contributed by atoms with Crippen LogP contribution in [0.2, 0.25) is 0 Å². The number of halogens is 3. The van der Waals surface area contributed by atoms with E-state index in [1.54, 1.807) is 50.0 Å². The van der Waals surface area contributed by atoms with Gasteiger partial charge in [-0.05, 0) is 54.4 Å². The summed E-state index contributed by atoms with van der Waals surface area (Å²) in [5.41, 5.74) is 1.16. The maximum Gasteiger partial charge on any atom is 0.416 e. The molecular weight excluding hydrogens is 459 g/mol. The van der Waals surface area contributed by atoms with Crippen molar-refractivity contribution < 1.29 is 22.7 Å². The van der Waals surface area contributed by atoms with Gasteiger partial charge in [0.15, 0.2) is 0 Å². The molecule has 2 aromatic carbocycles. The maximum absolute atomic E-state index is 13.5. The van der Waals surface area contributed by atoms with E-state index < -0.39 is 17.7 Å². The first kappa shape index (κ1) is 22.9. The Bertz CT molecular complexity index is 1200. The van der Waals surface area contributed by atoms with Gasteiger partial charge in [0, 0.05) is 43.4 Å². The lowest BCUT2D eigenvalue weighted by Crippen LogP contribution is -2.60. The first-order valence-corrected chi connectivity index (χ1v) is 11.3. The van der Waals surface area contributed by atoms with E-state index in [2.05, 4.69) is 25.1 Å². The van der Waals surface area contributed by atoms with Crippen LogP contribution in [0.15, 0.2) is 61.1 Å². The van der Waals surface area contributed by atoms with Gasteiger partial charge in [-0.2, -0.15) is 13.2 Å². The fourth-order valence-corrected chi connectivity index (χ4v) is 4.87. The second-order valence-electron chi connectivity index (χ2n) is 8.64. The van der Waals surface area contributed by atoms with Crippen molar-refractivity contribution in [2.24, 2.45) is 5.92 Å². The van der Waals surface area contributed by atoms with Crippen LogP contribution in [0.3, 0.4) is 0 Å². The molecule has 182 valence electrons. The van der Waals surface area contributed by atoms with E-state index in [1.165, 1.54) is 12.1 Å². The number of methoxy groups -OCH3 is 1. The molecule has 1 aromatic heterocycles. The first-order chi connectivity index (χ1) is 16.8. The van der Waals surface area contributed by atoms with Crippen LogP contribution < -0.4 is 19.9 Å². The highest BCUT2D eigenvalue weighted by atomic mass is 19.4. The Hall–Kier alpha value is -3.82. The fourth-order valence-electron chi connectivity index (χ4n) is 4.87. The third kappa shape index (κ3) is 4.60. The van der Waals surface area contributed by atoms with Crippen LogP contribution in [0.4, 0.5) is 30.4 Å². The van der Waals surface area contributed by atoms with Gasteiger partial charge in [0.1, 0.15) is 11.6 Å². The molecule has 1 N–H and O–H groups in total. The van der Waals surface area contributed by atoms with Gasteiger partial charge in [0.2, 0.25) is 5.91 Å². The molecule has 1 saturated heterocycles. The van der Waals surface area contributed by atoms with E-state index >= 15 is 0 Å². The molecule has 2 aliphatic heterocycles. The Balaban J connectivity index is 1.47. The normalized spacial score (nSPS) is 19.5. The molecule has 7 nitrogen and oxygen atoms in total. The van der Waals surface area contributed by atoms with Gasteiger partial charge < -0.3 is 19.9 Å². The zero-order chi connectivity index (χ0) is 24.6. The van der Waals surface area contributed by atoms with Crippen molar-refractivity contribution in [2.75, 3.05) is 41.9 Å². The van der Waals surface area contributed by atoms with Gasteiger partial charge in [-0.3, -0.25) is 9.78 Å². The van der Waals surface area contributed by atoms with Gasteiger partial charge in [-0.25, -0.2) is 4.98 Å². The lowest BCUT2D eigenvalue weighted by Gasteiger charge is -2.49. The number of ether oxygens (including phenoxy) is 1. The molecule has 5 rings (SSSR count). The van der Waals surface area contributed by atoms with E-state index in [1.807, 2.05) is 0 Å². The predicted molar refractivity (Wildman–Crippen MR) is 126 cm³/mol. The third-order valence-corrected chi connectivity index (χ3v) is 6.61. The summed E-state index contributed by atoms with van der Waals surface area (Å²) in [5.74, 6) is 0.564. The monoisotopic (exact) mass is 483 g/mol. The molecule has 10 heteroatoms. The topological polar surface area (TPSA) is 70.6 Å². The number of aromatic nitrogens is 2. The van der Waals surface area contributed by atoms with Crippen LogP contribution in [-0.2, 0) is 17.4 Å². The van der Waals surface area contributed by atoms with Gasteiger partial charge >= 0.3 is 6.18 Å². The standard InChI is InChI=1S/C25H24F3N5O2/c1-35-19-5-3-18(4-6-19)31-24(34)20-13-16-12-17(25(26,27)28)2-7-21(16)33-11-10-32(15-22(20)33)23-14-29-8-9-30-23/h2-9,12,14,20,22H,10-11,13,15H2,1H3,(H,31,34). The van der Waals surface area contributed by atoms with Gasteiger partial charge in [-0.1, -0.05) is 0 Å². The van der Waals surface area contributed by atoms with Crippen molar-refractivity contribution in [3.05, 3.63) is 72.2 Å². The highest BCUT2D eigenvalue weighted by Crippen LogP contribution is 2.40. The number of nitrogens with zero attached hydrogens (tertiary/aromatic N) is 4. The maximum atomic E-state index is 13.5. The highest BCUT2D eigenvalue weighted by molar-refractivity contribution is 5.94. The summed E-state index contributed by atoms with van der Waals surface area (Å²) in [4.78, 5) is 26.1. The molecule has 3 aromatic rings. The number of amides is 1. The molecule has 2 atom stereocenters. The molecule has 0 bridgehead atoms. The van der Waals surface area contributed by atoms with Gasteiger partial charge in [0.25, 0.3) is 0 Å². The average molecular weight is 483 g/mol. The van der Waals surface area contributed by atoms with E-state index in [0.717, 1.165) is 11.8 Å². The number of benzene rings is 2. The molecule has 0 spiro atoms. The summed E-state index contributed by atoms with van der Waals surface area (Å²) in [6, 6.07) is 10.5. The number of carbonyl (C=O) groups is 1. The zero-order valence-corrected chi connectivity index (χ0v) is 19.0. The Labute approximate surface area is 200 Å². The minimum Gasteiger partial charge on any atom is -0.497 e. The molecule has 3 heterocycles. The Morgan fingerprint density at radius 3 is 2.60 bits per heavy atom. The fraction of sp³-hybridized carbons (Fsp3) is 0.320. The van der Waals surface area contributed by atoms with Crippen molar-refractivity contribution in [3.63, 3.8) is 0 Å². The quantitative estimate of drug-likeness (QED) is 0.605. The molecule has 1 amide bonds. The van der Waals surface area contributed by atoms with Gasteiger partial charge in [-0.15, -0.1) is 0 Å². The number of hydrogen-bond acceptors (Lipinski definition) is 6. The number of rotatable bonds is 4. The van der Waals surface area contributed by atoms with Crippen molar-refractivity contribution >= 4 is 23.1 Å². The molecular formula is C25H24F3N5O2. The Kier molecular flexibility index (Phi) is 5.96. The Morgan fingerprint density at radius 1 is 1.11 bits per heavy atom. The minimum absolute atomic E-state index is 0.205. The van der Waals surface area contributed by atoms with Crippen molar-refractivity contribution in [2.45, 2.75) is 18.6 Å². The smallest absolute Gasteiger partial charge is 0.416 e. The summed E-state index contributed by atoms with van der Waals surface area (Å²) in [5, 5.41) is 2.94. The number of anilines is 3. The van der Waals surface area contributed by atoms with Crippen LogP contribution in [0.5, 0.6) is 5.75 Å². The first-order valence-electron chi connectivity index (χ1n) is 11.3. The molecule has 35 heavy (non-hydrogen) atoms. The van der Waals surface area contributed by atoms with Crippen LogP contribution >= 0.6 is 0 Å². The SMILES string of the molecule is COc1ccc(NC(=O)C2Cc3cc(C(F)(F)F)ccc3N3CCN(c4cnccn4)CC23)cc1. The number of hydrogen-bond donors (Lipinski definition) is 1. The van der Waals surface area contributed by atoms with Crippen molar-refractivity contribution in [1.29, 1.82) is 0 Å². The summed E-state index contributed by atoms with van der Waals surface area (Å²) in [7, 11) is 1.56. The lowest BCUT2D eigenvalue weighted by molar-refractivity contribution is -0.137. The van der Waals surface area contributed by atoms with E-state index in [4.69, 9.17) is 4.74 Å². The second-order valence-corrected chi connectivity index (χ2v) is 8.64. The van der Waals surface area contributed by atoms with Crippen LogP contribution in [0, 0.1) is 5.92 Å². The van der Waals surface area contributed by atoms with Crippen molar-refractivity contribution in [3.8, 4) is 5.75 Å². The summed E-state index contributed by atoms with van der Waals surface area (Å²) in [6.07, 6.45) is 0.646. The van der Waals surface area contributed by atoms with Gasteiger partial charge in [0.05, 0.1) is 30.8 Å². The number of nitrogens with one attached hydrogen (secondary N) is 1. The van der Waals surface area contributed by atoms with Crippen LogP contribution in [0.25, 0.3) is 0 Å².